The van der Waals surface area contributed by atoms with Gasteiger partial charge in [-0.1, -0.05) is 25.4 Å². The Bertz CT molecular complexity index is 740. The number of carbonyl (C=O) groups excluding carboxylic acids is 2. The van der Waals surface area contributed by atoms with Gasteiger partial charge in [-0.25, -0.2) is 0 Å². The molecule has 128 valence electrons. The van der Waals surface area contributed by atoms with Crippen LogP contribution in [0.25, 0.3) is 0 Å². The smallest absolute Gasteiger partial charge is 0.258 e. The van der Waals surface area contributed by atoms with Crippen molar-refractivity contribution >= 4 is 29.1 Å². The summed E-state index contributed by atoms with van der Waals surface area (Å²) in [5, 5.41) is 5.76. The summed E-state index contributed by atoms with van der Waals surface area (Å²) in [4.78, 5) is 24.2. The molecule has 1 heterocycles. The molecule has 6 nitrogen and oxygen atoms in total. The molecule has 1 aromatic heterocycles. The van der Waals surface area contributed by atoms with E-state index < -0.39 is 0 Å². The van der Waals surface area contributed by atoms with Crippen molar-refractivity contribution in [2.24, 2.45) is 11.7 Å². The molecule has 0 fully saturated rings. The van der Waals surface area contributed by atoms with Crippen LogP contribution >= 0.6 is 11.6 Å². The molecule has 2 aromatic rings. The second-order valence-electron chi connectivity index (χ2n) is 5.76. The molecule has 7 heteroatoms. The van der Waals surface area contributed by atoms with Gasteiger partial charge in [-0.15, -0.1) is 0 Å². The summed E-state index contributed by atoms with van der Waals surface area (Å²) in [5.41, 5.74) is 6.66. The molecule has 24 heavy (non-hydrogen) atoms. The fraction of sp³-hybridized carbons (Fsp3) is 0.294. The number of furan rings is 1. The maximum absolute atomic E-state index is 12.1. The first kappa shape index (κ1) is 18.0. The first-order chi connectivity index (χ1) is 11.4. The predicted octanol–water partition coefficient (Wildman–Crippen LogP) is 3.03. The number of hydrogen-bond donors (Lipinski definition) is 3. The summed E-state index contributed by atoms with van der Waals surface area (Å²) in [6.45, 7) is 4.80. The molecule has 0 unspecified atom stereocenters. The van der Waals surface area contributed by atoms with Gasteiger partial charge in [0, 0.05) is 12.2 Å². The van der Waals surface area contributed by atoms with E-state index in [4.69, 9.17) is 21.8 Å². The van der Waals surface area contributed by atoms with E-state index in [1.807, 2.05) is 13.8 Å². The number of hydrogen-bond acceptors (Lipinski definition) is 4. The third-order valence-corrected chi connectivity index (χ3v) is 3.57. The topological polar surface area (TPSA) is 97.4 Å². The summed E-state index contributed by atoms with van der Waals surface area (Å²) in [7, 11) is 0. The molecule has 1 aromatic carbocycles. The van der Waals surface area contributed by atoms with Crippen LogP contribution in [0.15, 0.2) is 34.9 Å². The Labute approximate surface area is 145 Å². The molecule has 0 saturated heterocycles. The average Bonchev–Trinajstić information content (AvgIpc) is 3.02. The fourth-order valence-electron chi connectivity index (χ4n) is 1.98. The average molecular weight is 350 g/mol. The molecule has 2 amide bonds. The molecule has 0 atom stereocenters. The summed E-state index contributed by atoms with van der Waals surface area (Å²) in [5.74, 6) is 0.288. The third kappa shape index (κ3) is 4.59. The summed E-state index contributed by atoms with van der Waals surface area (Å²) in [6, 6.07) is 6.31. The lowest BCUT2D eigenvalue weighted by Gasteiger charge is -2.10. The van der Waals surface area contributed by atoms with E-state index in [0.717, 1.165) is 0 Å². The van der Waals surface area contributed by atoms with E-state index in [0.29, 0.717) is 35.0 Å². The second kappa shape index (κ2) is 7.99. The minimum absolute atomic E-state index is 0.222. The van der Waals surface area contributed by atoms with Crippen molar-refractivity contribution in [3.8, 4) is 0 Å². The third-order valence-electron chi connectivity index (χ3n) is 3.26. The monoisotopic (exact) mass is 349 g/mol. The molecule has 0 saturated carbocycles. The minimum atomic E-state index is -0.341. The van der Waals surface area contributed by atoms with Gasteiger partial charge in [0.1, 0.15) is 12.0 Å². The predicted molar refractivity (Wildman–Crippen MR) is 93.2 cm³/mol. The lowest BCUT2D eigenvalue weighted by molar-refractivity contribution is 0.0948. The molecular formula is C17H20ClN3O3. The zero-order valence-corrected chi connectivity index (χ0v) is 14.3. The van der Waals surface area contributed by atoms with E-state index in [1.54, 1.807) is 18.2 Å². The minimum Gasteiger partial charge on any atom is -0.467 e. The molecule has 0 bridgehead atoms. The molecule has 2 rings (SSSR count). The highest BCUT2D eigenvalue weighted by Crippen LogP contribution is 2.22. The standard InChI is InChI=1S/C17H20ClN3O3/c1-10(2)8-20-17(23)14-4-3-12(6-15(14)18)21-16(22)11-5-13(7-19)24-9-11/h3-6,9-10H,7-8,19H2,1-2H3,(H,20,23)(H,21,22). The van der Waals surface area contributed by atoms with Crippen LogP contribution in [0.3, 0.4) is 0 Å². The van der Waals surface area contributed by atoms with E-state index in [1.165, 1.54) is 12.3 Å². The largest absolute Gasteiger partial charge is 0.467 e. The van der Waals surface area contributed by atoms with Crippen LogP contribution in [0.4, 0.5) is 5.69 Å². The Kier molecular flexibility index (Phi) is 6.00. The molecule has 0 aliphatic heterocycles. The van der Waals surface area contributed by atoms with Crippen LogP contribution in [0.5, 0.6) is 0 Å². The van der Waals surface area contributed by atoms with Gasteiger partial charge < -0.3 is 20.8 Å². The summed E-state index contributed by atoms with van der Waals surface area (Å²) in [6.07, 6.45) is 1.34. The number of benzene rings is 1. The fourth-order valence-corrected chi connectivity index (χ4v) is 2.25. The normalized spacial score (nSPS) is 10.7. The van der Waals surface area contributed by atoms with Crippen LogP contribution in [0.1, 0.15) is 40.3 Å². The number of nitrogens with two attached hydrogens (primary N) is 1. The maximum atomic E-state index is 12.1. The van der Waals surface area contributed by atoms with Crippen molar-refractivity contribution in [1.82, 2.24) is 5.32 Å². The SMILES string of the molecule is CC(C)CNC(=O)c1ccc(NC(=O)c2coc(CN)c2)cc1Cl. The number of anilines is 1. The van der Waals surface area contributed by atoms with E-state index >= 15 is 0 Å². The zero-order chi connectivity index (χ0) is 17.7. The van der Waals surface area contributed by atoms with Crippen LogP contribution in [-0.2, 0) is 6.54 Å². The number of nitrogens with one attached hydrogen (secondary N) is 2. The Morgan fingerprint density at radius 2 is 2.00 bits per heavy atom. The Morgan fingerprint density at radius 3 is 2.58 bits per heavy atom. The van der Waals surface area contributed by atoms with Gasteiger partial charge in [0.05, 0.1) is 22.7 Å². The quantitative estimate of drug-likeness (QED) is 0.746. The number of carbonyl (C=O) groups is 2. The Morgan fingerprint density at radius 1 is 1.25 bits per heavy atom. The summed E-state index contributed by atoms with van der Waals surface area (Å²) >= 11 is 6.15. The molecule has 4 N–H and O–H groups in total. The van der Waals surface area contributed by atoms with Crippen LogP contribution in [0, 0.1) is 5.92 Å². The van der Waals surface area contributed by atoms with Crippen LogP contribution < -0.4 is 16.4 Å². The molecule has 0 aliphatic carbocycles. The van der Waals surface area contributed by atoms with E-state index in [-0.39, 0.29) is 23.4 Å². The highest BCUT2D eigenvalue weighted by Gasteiger charge is 2.14. The molecule has 0 radical (unpaired) electrons. The van der Waals surface area contributed by atoms with Gasteiger partial charge in [-0.05, 0) is 30.2 Å². The van der Waals surface area contributed by atoms with Crippen molar-refractivity contribution in [3.05, 3.63) is 52.4 Å². The van der Waals surface area contributed by atoms with Gasteiger partial charge in [0.15, 0.2) is 0 Å². The highest BCUT2D eigenvalue weighted by molar-refractivity contribution is 6.34. The van der Waals surface area contributed by atoms with Crippen molar-refractivity contribution in [3.63, 3.8) is 0 Å². The number of amides is 2. The van der Waals surface area contributed by atoms with Crippen molar-refractivity contribution in [2.75, 3.05) is 11.9 Å². The van der Waals surface area contributed by atoms with Crippen LogP contribution in [-0.4, -0.2) is 18.4 Å². The molecule has 0 aliphatic rings. The number of rotatable bonds is 6. The molecular weight excluding hydrogens is 330 g/mol. The first-order valence-corrected chi connectivity index (χ1v) is 7.95. The van der Waals surface area contributed by atoms with E-state index in [9.17, 15) is 9.59 Å². The Balaban J connectivity index is 2.06. The van der Waals surface area contributed by atoms with Gasteiger partial charge >= 0.3 is 0 Å². The Hall–Kier alpha value is -2.31. The van der Waals surface area contributed by atoms with Gasteiger partial charge in [0.25, 0.3) is 11.8 Å². The lowest BCUT2D eigenvalue weighted by atomic mass is 10.1. The molecule has 0 spiro atoms. The number of halogens is 1. The first-order valence-electron chi connectivity index (χ1n) is 7.57. The zero-order valence-electron chi connectivity index (χ0n) is 13.6. The van der Waals surface area contributed by atoms with Crippen molar-refractivity contribution in [2.45, 2.75) is 20.4 Å². The van der Waals surface area contributed by atoms with Gasteiger partial charge in [-0.2, -0.15) is 0 Å². The van der Waals surface area contributed by atoms with Crippen molar-refractivity contribution in [1.29, 1.82) is 0 Å². The second-order valence-corrected chi connectivity index (χ2v) is 6.17. The van der Waals surface area contributed by atoms with Gasteiger partial charge in [-0.3, -0.25) is 9.59 Å². The highest BCUT2D eigenvalue weighted by atomic mass is 35.5. The summed E-state index contributed by atoms with van der Waals surface area (Å²) < 4.78 is 5.13. The van der Waals surface area contributed by atoms with Crippen molar-refractivity contribution < 1.29 is 14.0 Å². The van der Waals surface area contributed by atoms with E-state index in [2.05, 4.69) is 10.6 Å². The lowest BCUT2D eigenvalue weighted by Crippen LogP contribution is -2.27. The van der Waals surface area contributed by atoms with Gasteiger partial charge in [0.2, 0.25) is 0 Å². The maximum Gasteiger partial charge on any atom is 0.258 e. The van der Waals surface area contributed by atoms with Crippen LogP contribution in [0.2, 0.25) is 5.02 Å².